The molecule has 2 bridgehead atoms. The first-order valence-electron chi connectivity index (χ1n) is 3.39. The monoisotopic (exact) mass is 228 g/mol. The highest BCUT2D eigenvalue weighted by Crippen LogP contribution is 2.28. The summed E-state index contributed by atoms with van der Waals surface area (Å²) in [4.78, 5) is 10.8. The topological polar surface area (TPSA) is 35.5 Å². The predicted molar refractivity (Wildman–Crippen MR) is 45.0 cm³/mol. The molecule has 0 amide bonds. The molecule has 0 saturated carbocycles. The second kappa shape index (κ2) is 2.79. The largest absolute Gasteiger partial charge is 0.514 e. The molecule has 1 aromatic carbocycles. The Morgan fingerprint density at radius 1 is 1.42 bits per heavy atom. The van der Waals surface area contributed by atoms with Gasteiger partial charge in [-0.25, -0.2) is 4.79 Å². The van der Waals surface area contributed by atoms with Crippen molar-refractivity contribution in [3.05, 3.63) is 28.2 Å². The van der Waals surface area contributed by atoms with Gasteiger partial charge in [0, 0.05) is 0 Å². The van der Waals surface area contributed by atoms with Gasteiger partial charge < -0.3 is 9.47 Å². The second-order valence-electron chi connectivity index (χ2n) is 2.41. The maximum Gasteiger partial charge on any atom is 0.514 e. The highest BCUT2D eigenvalue weighted by molar-refractivity contribution is 9.10. The normalized spacial score (nSPS) is 14.6. The van der Waals surface area contributed by atoms with Crippen LogP contribution in [-0.4, -0.2) is 6.16 Å². The molecule has 0 fully saturated rings. The number of hydrogen-bond acceptors (Lipinski definition) is 3. The van der Waals surface area contributed by atoms with Crippen LogP contribution >= 0.6 is 15.9 Å². The standard InChI is InChI=1S/C8H5BrO3/c9-6-3-5-1-2-7(6)12-8(10)11-4-5/h1-3H,4H2. The van der Waals surface area contributed by atoms with E-state index in [1.54, 1.807) is 6.07 Å². The van der Waals surface area contributed by atoms with Crippen LogP contribution in [0.2, 0.25) is 0 Å². The van der Waals surface area contributed by atoms with Crippen molar-refractivity contribution in [3.8, 4) is 5.75 Å². The van der Waals surface area contributed by atoms with E-state index in [9.17, 15) is 4.79 Å². The first-order chi connectivity index (χ1) is 5.75. The van der Waals surface area contributed by atoms with E-state index in [0.717, 1.165) is 10.0 Å². The fourth-order valence-corrected chi connectivity index (χ4v) is 1.49. The molecule has 4 heteroatoms. The molecule has 0 atom stereocenters. The lowest BCUT2D eigenvalue weighted by Gasteiger charge is -2.12. The highest BCUT2D eigenvalue weighted by Gasteiger charge is 2.13. The van der Waals surface area contributed by atoms with Crippen molar-refractivity contribution >= 4 is 22.1 Å². The van der Waals surface area contributed by atoms with E-state index in [2.05, 4.69) is 15.9 Å². The molecule has 3 rings (SSSR count). The zero-order chi connectivity index (χ0) is 8.55. The van der Waals surface area contributed by atoms with Crippen LogP contribution in [0.3, 0.4) is 0 Å². The molecule has 0 unspecified atom stereocenters. The predicted octanol–water partition coefficient (Wildman–Crippen LogP) is 2.48. The third-order valence-corrected chi connectivity index (χ3v) is 2.17. The Morgan fingerprint density at radius 3 is 3.00 bits per heavy atom. The van der Waals surface area contributed by atoms with Crippen LogP contribution in [0.5, 0.6) is 5.75 Å². The molecule has 0 saturated heterocycles. The Morgan fingerprint density at radius 2 is 2.25 bits per heavy atom. The van der Waals surface area contributed by atoms with Crippen LogP contribution in [0, 0.1) is 0 Å². The quantitative estimate of drug-likeness (QED) is 0.506. The van der Waals surface area contributed by atoms with Gasteiger partial charge >= 0.3 is 6.16 Å². The van der Waals surface area contributed by atoms with Crippen molar-refractivity contribution < 1.29 is 14.3 Å². The van der Waals surface area contributed by atoms with Gasteiger partial charge in [-0.1, -0.05) is 6.07 Å². The van der Waals surface area contributed by atoms with Gasteiger partial charge in [0.25, 0.3) is 0 Å². The summed E-state index contributed by atoms with van der Waals surface area (Å²) in [5.41, 5.74) is 0.947. The molecule has 0 spiro atoms. The molecular formula is C8H5BrO3. The van der Waals surface area contributed by atoms with Gasteiger partial charge in [-0.3, -0.25) is 0 Å². The van der Waals surface area contributed by atoms with Gasteiger partial charge in [0.2, 0.25) is 0 Å². The molecular weight excluding hydrogens is 224 g/mol. The molecule has 62 valence electrons. The van der Waals surface area contributed by atoms with Crippen molar-refractivity contribution in [3.63, 3.8) is 0 Å². The van der Waals surface area contributed by atoms with Crippen LogP contribution in [0.15, 0.2) is 22.7 Å². The average Bonchev–Trinajstić information content (AvgIpc) is 2.02. The van der Waals surface area contributed by atoms with E-state index in [1.807, 2.05) is 12.1 Å². The Labute approximate surface area is 77.4 Å². The maximum absolute atomic E-state index is 10.8. The SMILES string of the molecule is O=C1OCc2ccc(c(Br)c2)O1. The smallest absolute Gasteiger partial charge is 0.429 e. The van der Waals surface area contributed by atoms with Crippen LogP contribution in [-0.2, 0) is 11.3 Å². The zero-order valence-electron chi connectivity index (χ0n) is 6.04. The third-order valence-electron chi connectivity index (χ3n) is 1.55. The molecule has 0 N–H and O–H groups in total. The highest BCUT2D eigenvalue weighted by atomic mass is 79.9. The minimum atomic E-state index is -0.656. The van der Waals surface area contributed by atoms with Gasteiger partial charge in [0.15, 0.2) is 0 Å². The lowest BCUT2D eigenvalue weighted by atomic mass is 10.2. The number of fused-ring (bicyclic) bond motifs is 5. The van der Waals surface area contributed by atoms with Crippen LogP contribution in [0.4, 0.5) is 4.79 Å². The van der Waals surface area contributed by atoms with Crippen LogP contribution in [0.25, 0.3) is 0 Å². The number of benzene rings is 1. The van der Waals surface area contributed by atoms with E-state index in [1.165, 1.54) is 0 Å². The number of halogens is 1. The van der Waals surface area contributed by atoms with E-state index < -0.39 is 6.16 Å². The van der Waals surface area contributed by atoms with Crippen molar-refractivity contribution in [2.24, 2.45) is 0 Å². The summed E-state index contributed by atoms with van der Waals surface area (Å²) in [5, 5.41) is 0. The molecule has 3 nitrogen and oxygen atoms in total. The number of carbonyl (C=O) groups excluding carboxylic acids is 1. The lowest BCUT2D eigenvalue weighted by molar-refractivity contribution is 0.0904. The van der Waals surface area contributed by atoms with E-state index >= 15 is 0 Å². The lowest BCUT2D eigenvalue weighted by Crippen LogP contribution is -2.13. The third kappa shape index (κ3) is 1.30. The fourth-order valence-electron chi connectivity index (χ4n) is 0.978. The van der Waals surface area contributed by atoms with Crippen LogP contribution < -0.4 is 4.74 Å². The van der Waals surface area contributed by atoms with Gasteiger partial charge in [0.1, 0.15) is 12.4 Å². The summed E-state index contributed by atoms with van der Waals surface area (Å²) in [7, 11) is 0. The average molecular weight is 229 g/mol. The Hall–Kier alpha value is -1.03. The van der Waals surface area contributed by atoms with E-state index in [0.29, 0.717) is 5.75 Å². The summed E-state index contributed by atoms with van der Waals surface area (Å²) in [6.45, 7) is 0.262. The van der Waals surface area contributed by atoms with Gasteiger partial charge in [-0.2, -0.15) is 0 Å². The summed E-state index contributed by atoms with van der Waals surface area (Å²) < 4.78 is 10.3. The zero-order valence-corrected chi connectivity index (χ0v) is 7.63. The summed E-state index contributed by atoms with van der Waals surface area (Å²) >= 11 is 3.28. The summed E-state index contributed by atoms with van der Waals surface area (Å²) in [6, 6.07) is 5.45. The van der Waals surface area contributed by atoms with Crippen LogP contribution in [0.1, 0.15) is 5.56 Å². The van der Waals surface area contributed by atoms with Crippen molar-refractivity contribution in [2.75, 3.05) is 0 Å². The Balaban J connectivity index is 2.50. The number of carbonyl (C=O) groups is 1. The first-order valence-corrected chi connectivity index (χ1v) is 4.18. The van der Waals surface area contributed by atoms with Crippen molar-refractivity contribution in [1.29, 1.82) is 0 Å². The molecule has 2 aliphatic rings. The number of ether oxygens (including phenoxy) is 2. The maximum atomic E-state index is 10.8. The molecule has 1 aromatic rings. The van der Waals surface area contributed by atoms with E-state index in [4.69, 9.17) is 9.47 Å². The second-order valence-corrected chi connectivity index (χ2v) is 3.26. The molecule has 2 heterocycles. The number of rotatable bonds is 0. The first kappa shape index (κ1) is 7.61. The summed E-state index contributed by atoms with van der Waals surface area (Å²) in [5.74, 6) is 0.489. The minimum absolute atomic E-state index is 0.262. The molecule has 0 aliphatic carbocycles. The van der Waals surface area contributed by atoms with Crippen molar-refractivity contribution in [2.45, 2.75) is 6.61 Å². The molecule has 0 radical (unpaired) electrons. The molecule has 2 aliphatic heterocycles. The molecule has 12 heavy (non-hydrogen) atoms. The fraction of sp³-hybridized carbons (Fsp3) is 0.125. The van der Waals surface area contributed by atoms with Gasteiger partial charge in [-0.05, 0) is 33.6 Å². The molecule has 0 aromatic heterocycles. The minimum Gasteiger partial charge on any atom is -0.429 e. The Bertz CT molecular complexity index is 335. The summed E-state index contributed by atoms with van der Waals surface area (Å²) in [6.07, 6.45) is -0.656. The Kier molecular flexibility index (Phi) is 1.77. The van der Waals surface area contributed by atoms with Crippen molar-refractivity contribution in [1.82, 2.24) is 0 Å². The number of hydrogen-bond donors (Lipinski definition) is 0. The van der Waals surface area contributed by atoms with E-state index in [-0.39, 0.29) is 6.61 Å². The van der Waals surface area contributed by atoms with Gasteiger partial charge in [-0.15, -0.1) is 0 Å². The van der Waals surface area contributed by atoms with Gasteiger partial charge in [0.05, 0.1) is 4.47 Å².